The Balaban J connectivity index is 1.08. The van der Waals surface area contributed by atoms with Crippen molar-refractivity contribution in [2.75, 3.05) is 4.90 Å². The molecule has 9 aromatic carbocycles. The number of rotatable bonds is 4. The molecule has 0 atom stereocenters. The average molecular weight is 708 g/mol. The van der Waals surface area contributed by atoms with Crippen molar-refractivity contribution >= 4 is 114 Å². The third-order valence-electron chi connectivity index (χ3n) is 11.1. The maximum absolute atomic E-state index is 6.59. The topological polar surface area (TPSA) is 29.5 Å². The van der Waals surface area contributed by atoms with Gasteiger partial charge in [-0.15, -0.1) is 11.3 Å². The van der Waals surface area contributed by atoms with Crippen molar-refractivity contribution in [2.24, 2.45) is 0 Å². The monoisotopic (exact) mass is 707 g/mol. The molecule has 3 heterocycles. The second kappa shape index (κ2) is 11.3. The van der Waals surface area contributed by atoms with Crippen LogP contribution in [0, 0.1) is 0 Å². The summed E-state index contributed by atoms with van der Waals surface area (Å²) in [6, 6.07) is 63.0. The highest BCUT2D eigenvalue weighted by Crippen LogP contribution is 2.48. The van der Waals surface area contributed by atoms with Gasteiger partial charge in [-0.05, 0) is 87.9 Å². The van der Waals surface area contributed by atoms with Crippen LogP contribution in [0.15, 0.2) is 185 Å². The van der Waals surface area contributed by atoms with Gasteiger partial charge >= 0.3 is 0 Å². The lowest BCUT2D eigenvalue weighted by molar-refractivity contribution is 0.669. The first-order valence-electron chi connectivity index (χ1n) is 18.2. The summed E-state index contributed by atoms with van der Waals surface area (Å²) < 4.78 is 15.5. The Hall–Kier alpha value is -6.88. The fraction of sp³-hybridized carbons (Fsp3) is 0. The minimum atomic E-state index is 0.871. The molecular weight excluding hydrogens is 679 g/mol. The van der Waals surface area contributed by atoms with Crippen molar-refractivity contribution < 1.29 is 8.83 Å². The molecule has 4 heteroatoms. The summed E-state index contributed by atoms with van der Waals surface area (Å²) in [5, 5.41) is 11.8. The Labute approximate surface area is 313 Å². The standard InChI is InChI=1S/C50H29NO2S/c1-3-12-35-30(9-1)11-7-15-36(35)32-19-22-33(23-20-32)51(41-16-8-18-43-47(41)38-14-5-6-17-42(38)52-43)34-24-26-39-46(29-34)54-45-28-27-44-48(49(39)45)40-25-21-31-10-2-4-13-37(31)50(40)53-44/h1-29H. The molecule has 0 unspecified atom stereocenters. The molecule has 0 saturated carbocycles. The van der Waals surface area contributed by atoms with Crippen molar-refractivity contribution in [1.29, 1.82) is 0 Å². The number of fused-ring (bicyclic) bond motifs is 13. The van der Waals surface area contributed by atoms with Gasteiger partial charge in [0.2, 0.25) is 0 Å². The maximum atomic E-state index is 6.59. The second-order valence-electron chi connectivity index (χ2n) is 14.0. The molecule has 0 N–H and O–H groups in total. The van der Waals surface area contributed by atoms with Gasteiger partial charge < -0.3 is 13.7 Å². The molecule has 0 aliphatic heterocycles. The Morgan fingerprint density at radius 3 is 1.96 bits per heavy atom. The fourth-order valence-electron chi connectivity index (χ4n) is 8.63. The Kier molecular flexibility index (Phi) is 6.21. The predicted octanol–water partition coefficient (Wildman–Crippen LogP) is 15.3. The first kappa shape index (κ1) is 29.7. The third-order valence-corrected chi connectivity index (χ3v) is 12.2. The fourth-order valence-corrected chi connectivity index (χ4v) is 9.77. The Bertz CT molecular complexity index is 3450. The van der Waals surface area contributed by atoms with Crippen molar-refractivity contribution in [3.63, 3.8) is 0 Å². The molecule has 252 valence electrons. The second-order valence-corrected chi connectivity index (χ2v) is 15.1. The van der Waals surface area contributed by atoms with Crippen LogP contribution in [-0.4, -0.2) is 0 Å². The number of hydrogen-bond acceptors (Lipinski definition) is 4. The Morgan fingerprint density at radius 1 is 0.389 bits per heavy atom. The molecular formula is C50H29NO2S. The van der Waals surface area contributed by atoms with E-state index in [2.05, 4.69) is 175 Å². The minimum Gasteiger partial charge on any atom is -0.456 e. The van der Waals surface area contributed by atoms with Crippen molar-refractivity contribution in [3.8, 4) is 11.1 Å². The molecule has 12 aromatic rings. The summed E-state index contributed by atoms with van der Waals surface area (Å²) in [5.74, 6) is 0. The van der Waals surface area contributed by atoms with Crippen LogP contribution in [0.4, 0.5) is 17.1 Å². The molecule has 0 fully saturated rings. The van der Waals surface area contributed by atoms with E-state index < -0.39 is 0 Å². The zero-order valence-electron chi connectivity index (χ0n) is 28.9. The highest BCUT2D eigenvalue weighted by molar-refractivity contribution is 7.26. The molecule has 0 bridgehead atoms. The lowest BCUT2D eigenvalue weighted by Gasteiger charge is -2.26. The molecule has 3 nitrogen and oxygen atoms in total. The van der Waals surface area contributed by atoms with E-state index in [-0.39, 0.29) is 0 Å². The number of hydrogen-bond donors (Lipinski definition) is 0. The van der Waals surface area contributed by atoms with E-state index in [1.807, 2.05) is 17.4 Å². The van der Waals surface area contributed by atoms with Crippen LogP contribution in [0.25, 0.3) is 96.7 Å². The van der Waals surface area contributed by atoms with Gasteiger partial charge in [0.1, 0.15) is 22.3 Å². The van der Waals surface area contributed by atoms with Crippen LogP contribution in [-0.2, 0) is 0 Å². The minimum absolute atomic E-state index is 0.871. The zero-order valence-corrected chi connectivity index (χ0v) is 29.7. The number of benzene rings is 9. The average Bonchev–Trinajstić information content (AvgIpc) is 3.92. The number of furan rings is 2. The summed E-state index contributed by atoms with van der Waals surface area (Å²) in [6.45, 7) is 0. The molecule has 0 radical (unpaired) electrons. The molecule has 0 spiro atoms. The summed E-state index contributed by atoms with van der Waals surface area (Å²) >= 11 is 1.84. The lowest BCUT2D eigenvalue weighted by Crippen LogP contribution is -2.10. The first-order valence-corrected chi connectivity index (χ1v) is 19.1. The van der Waals surface area contributed by atoms with Crippen LogP contribution in [0.1, 0.15) is 0 Å². The number of nitrogens with zero attached hydrogens (tertiary/aromatic N) is 1. The molecule has 12 rings (SSSR count). The molecule has 54 heavy (non-hydrogen) atoms. The van der Waals surface area contributed by atoms with Crippen molar-refractivity contribution in [3.05, 3.63) is 176 Å². The van der Waals surface area contributed by atoms with Gasteiger partial charge in [-0.2, -0.15) is 0 Å². The predicted molar refractivity (Wildman–Crippen MR) is 229 cm³/mol. The quantitative estimate of drug-likeness (QED) is 0.182. The summed E-state index contributed by atoms with van der Waals surface area (Å²) in [7, 11) is 0. The molecule has 3 aromatic heterocycles. The third kappa shape index (κ3) is 4.29. The lowest BCUT2D eigenvalue weighted by atomic mass is 9.98. The van der Waals surface area contributed by atoms with E-state index in [9.17, 15) is 0 Å². The summed E-state index contributed by atoms with van der Waals surface area (Å²) in [4.78, 5) is 2.38. The smallest absolute Gasteiger partial charge is 0.143 e. The SMILES string of the molecule is c1ccc2c(-c3ccc(N(c4ccc5c(c4)sc4ccc6oc7c8ccccc8ccc7c6c45)c4cccc5oc6ccccc6c45)cc3)cccc2c1. The number of anilines is 3. The normalized spacial score (nSPS) is 12.1. The van der Waals surface area contributed by atoms with Crippen molar-refractivity contribution in [2.45, 2.75) is 0 Å². The summed E-state index contributed by atoms with van der Waals surface area (Å²) in [5.41, 5.74) is 9.28. The van der Waals surface area contributed by atoms with Crippen LogP contribution in [0.5, 0.6) is 0 Å². The number of thiophene rings is 1. The highest BCUT2D eigenvalue weighted by atomic mass is 32.1. The van der Waals surface area contributed by atoms with Crippen LogP contribution in [0.3, 0.4) is 0 Å². The molecule has 0 aliphatic rings. The van der Waals surface area contributed by atoms with Crippen LogP contribution >= 0.6 is 11.3 Å². The van der Waals surface area contributed by atoms with E-state index >= 15 is 0 Å². The van der Waals surface area contributed by atoms with Gasteiger partial charge in [0, 0.05) is 53.1 Å². The van der Waals surface area contributed by atoms with E-state index in [0.29, 0.717) is 0 Å². The van der Waals surface area contributed by atoms with E-state index in [1.165, 1.54) is 52.8 Å². The first-order chi connectivity index (χ1) is 26.8. The highest BCUT2D eigenvalue weighted by Gasteiger charge is 2.22. The van der Waals surface area contributed by atoms with Crippen molar-refractivity contribution in [1.82, 2.24) is 0 Å². The maximum Gasteiger partial charge on any atom is 0.143 e. The number of para-hydroxylation sites is 1. The van der Waals surface area contributed by atoms with Gasteiger partial charge in [0.05, 0.1) is 11.1 Å². The molecule has 0 aliphatic carbocycles. The largest absolute Gasteiger partial charge is 0.456 e. The van der Waals surface area contributed by atoms with E-state index in [4.69, 9.17) is 8.83 Å². The van der Waals surface area contributed by atoms with Gasteiger partial charge in [0.25, 0.3) is 0 Å². The summed E-state index contributed by atoms with van der Waals surface area (Å²) in [6.07, 6.45) is 0. The van der Waals surface area contributed by atoms with Crippen LogP contribution < -0.4 is 4.90 Å². The van der Waals surface area contributed by atoms with Crippen LogP contribution in [0.2, 0.25) is 0 Å². The van der Waals surface area contributed by atoms with Gasteiger partial charge in [0.15, 0.2) is 0 Å². The van der Waals surface area contributed by atoms with E-state index in [1.54, 1.807) is 0 Å². The van der Waals surface area contributed by atoms with Gasteiger partial charge in [-0.25, -0.2) is 0 Å². The van der Waals surface area contributed by atoms with Gasteiger partial charge in [-0.1, -0.05) is 115 Å². The van der Waals surface area contributed by atoms with E-state index in [0.717, 1.165) is 60.9 Å². The Morgan fingerprint density at radius 2 is 1.07 bits per heavy atom. The van der Waals surface area contributed by atoms with Gasteiger partial charge in [-0.3, -0.25) is 0 Å². The zero-order chi connectivity index (χ0) is 35.3. The molecule has 0 amide bonds. The molecule has 0 saturated heterocycles.